The second-order valence-corrected chi connectivity index (χ2v) is 4.25. The van der Waals surface area contributed by atoms with E-state index in [0.717, 1.165) is 11.1 Å². The Morgan fingerprint density at radius 1 is 1.44 bits per heavy atom. The minimum Gasteiger partial charge on any atom is -0.447 e. The van der Waals surface area contributed by atoms with Crippen molar-refractivity contribution in [3.8, 4) is 0 Å². The predicted molar refractivity (Wildman–Crippen MR) is 72.1 cm³/mol. The van der Waals surface area contributed by atoms with Crippen LogP contribution in [0, 0.1) is 0 Å². The average Bonchev–Trinajstić information content (AvgIpc) is 2.82. The lowest BCUT2D eigenvalue weighted by Crippen LogP contribution is -2.21. The van der Waals surface area contributed by atoms with Gasteiger partial charge in [-0.15, -0.1) is 6.58 Å². The first-order chi connectivity index (χ1) is 8.74. The molecule has 1 fully saturated rings. The SMILES string of the molecule is C=CC/C(=C(\Cl)N1CCOC1=O)c1ccccc1. The second-order valence-electron chi connectivity index (χ2n) is 3.89. The van der Waals surface area contributed by atoms with Gasteiger partial charge in [-0.3, -0.25) is 4.90 Å². The number of hydrogen-bond acceptors (Lipinski definition) is 2. The van der Waals surface area contributed by atoms with E-state index in [1.165, 1.54) is 4.90 Å². The van der Waals surface area contributed by atoms with Crippen LogP contribution in [0.15, 0.2) is 48.1 Å². The first-order valence-corrected chi connectivity index (χ1v) is 6.11. The topological polar surface area (TPSA) is 29.5 Å². The van der Waals surface area contributed by atoms with Gasteiger partial charge in [0.2, 0.25) is 0 Å². The van der Waals surface area contributed by atoms with E-state index < -0.39 is 6.09 Å². The molecule has 0 saturated carbocycles. The number of amides is 1. The summed E-state index contributed by atoms with van der Waals surface area (Å²) in [6.45, 7) is 4.60. The van der Waals surface area contributed by atoms with Gasteiger partial charge in [-0.05, 0) is 17.6 Å². The van der Waals surface area contributed by atoms with Gasteiger partial charge in [0, 0.05) is 0 Å². The number of hydrogen-bond donors (Lipinski definition) is 0. The fourth-order valence-electron chi connectivity index (χ4n) is 1.84. The van der Waals surface area contributed by atoms with Crippen LogP contribution in [0.4, 0.5) is 4.79 Å². The number of halogens is 1. The average molecular weight is 264 g/mol. The van der Waals surface area contributed by atoms with E-state index in [1.54, 1.807) is 6.08 Å². The minimum absolute atomic E-state index is 0.380. The summed E-state index contributed by atoms with van der Waals surface area (Å²) in [5.41, 5.74) is 1.87. The Labute approximate surface area is 111 Å². The van der Waals surface area contributed by atoms with Crippen LogP contribution in [-0.4, -0.2) is 24.1 Å². The maximum Gasteiger partial charge on any atom is 0.415 e. The van der Waals surface area contributed by atoms with Crippen LogP contribution in [0.1, 0.15) is 12.0 Å². The molecule has 1 amide bonds. The van der Waals surface area contributed by atoms with Gasteiger partial charge < -0.3 is 4.74 Å². The largest absolute Gasteiger partial charge is 0.447 e. The number of rotatable bonds is 4. The summed E-state index contributed by atoms with van der Waals surface area (Å²) < 4.78 is 4.89. The van der Waals surface area contributed by atoms with Crippen molar-refractivity contribution in [1.29, 1.82) is 0 Å². The molecule has 0 bridgehead atoms. The van der Waals surface area contributed by atoms with E-state index in [-0.39, 0.29) is 0 Å². The van der Waals surface area contributed by atoms with Crippen LogP contribution in [0.25, 0.3) is 5.57 Å². The van der Waals surface area contributed by atoms with Gasteiger partial charge in [0.15, 0.2) is 0 Å². The van der Waals surface area contributed by atoms with Crippen molar-refractivity contribution in [2.24, 2.45) is 0 Å². The molecule has 0 unspecified atom stereocenters. The maximum atomic E-state index is 11.5. The Morgan fingerprint density at radius 3 is 2.72 bits per heavy atom. The molecule has 1 aromatic rings. The molecule has 1 heterocycles. The van der Waals surface area contributed by atoms with E-state index in [2.05, 4.69) is 6.58 Å². The van der Waals surface area contributed by atoms with Crippen LogP contribution >= 0.6 is 11.6 Å². The monoisotopic (exact) mass is 263 g/mol. The lowest BCUT2D eigenvalue weighted by Gasteiger charge is -2.16. The lowest BCUT2D eigenvalue weighted by molar-refractivity contribution is 0.165. The third-order valence-corrected chi connectivity index (χ3v) is 3.15. The number of nitrogens with zero attached hydrogens (tertiary/aromatic N) is 1. The smallest absolute Gasteiger partial charge is 0.415 e. The van der Waals surface area contributed by atoms with Crippen molar-refractivity contribution in [3.63, 3.8) is 0 Å². The van der Waals surface area contributed by atoms with E-state index in [1.807, 2.05) is 30.3 Å². The summed E-state index contributed by atoms with van der Waals surface area (Å²) in [4.78, 5) is 13.0. The van der Waals surface area contributed by atoms with Gasteiger partial charge in [-0.25, -0.2) is 4.79 Å². The summed E-state index contributed by atoms with van der Waals surface area (Å²) in [6, 6.07) is 9.73. The quantitative estimate of drug-likeness (QED) is 0.613. The highest BCUT2D eigenvalue weighted by Crippen LogP contribution is 2.29. The van der Waals surface area contributed by atoms with Crippen LogP contribution < -0.4 is 0 Å². The summed E-state index contributed by atoms with van der Waals surface area (Å²) in [6.07, 6.45) is 1.98. The fraction of sp³-hybridized carbons (Fsp3) is 0.214. The van der Waals surface area contributed by atoms with Gasteiger partial charge in [-0.1, -0.05) is 48.0 Å². The molecule has 0 aliphatic carbocycles. The van der Waals surface area contributed by atoms with Crippen molar-refractivity contribution in [3.05, 3.63) is 53.7 Å². The van der Waals surface area contributed by atoms with E-state index in [9.17, 15) is 4.79 Å². The molecule has 4 heteroatoms. The molecule has 0 spiro atoms. The molecule has 0 N–H and O–H groups in total. The third kappa shape index (κ3) is 2.57. The number of carbonyl (C=O) groups excluding carboxylic acids is 1. The molecule has 0 aromatic heterocycles. The zero-order valence-corrected chi connectivity index (χ0v) is 10.7. The summed E-state index contributed by atoms with van der Waals surface area (Å²) in [5, 5.41) is 0.420. The first kappa shape index (κ1) is 12.7. The molecular formula is C14H14ClNO2. The van der Waals surface area contributed by atoms with E-state index in [4.69, 9.17) is 16.3 Å². The van der Waals surface area contributed by atoms with E-state index >= 15 is 0 Å². The van der Waals surface area contributed by atoms with Gasteiger partial charge in [0.1, 0.15) is 11.8 Å². The van der Waals surface area contributed by atoms with E-state index in [0.29, 0.717) is 24.7 Å². The second kappa shape index (κ2) is 5.74. The molecule has 0 atom stereocenters. The highest BCUT2D eigenvalue weighted by molar-refractivity contribution is 6.33. The summed E-state index contributed by atoms with van der Waals surface area (Å²) >= 11 is 6.32. The molecule has 2 rings (SSSR count). The highest BCUT2D eigenvalue weighted by atomic mass is 35.5. The Bertz CT molecular complexity index is 482. The number of ether oxygens (including phenoxy) is 1. The Kier molecular flexibility index (Phi) is 4.05. The molecular weight excluding hydrogens is 250 g/mol. The third-order valence-electron chi connectivity index (χ3n) is 2.72. The molecule has 0 radical (unpaired) electrons. The van der Waals surface area contributed by atoms with Crippen LogP contribution in [0.2, 0.25) is 0 Å². The maximum absolute atomic E-state index is 11.5. The molecule has 1 aliphatic heterocycles. The normalized spacial score (nSPS) is 16.3. The molecule has 94 valence electrons. The Morgan fingerprint density at radius 2 is 2.17 bits per heavy atom. The molecule has 3 nitrogen and oxygen atoms in total. The van der Waals surface area contributed by atoms with Crippen molar-refractivity contribution >= 4 is 23.3 Å². The minimum atomic E-state index is -0.391. The van der Waals surface area contributed by atoms with Crippen LogP contribution in [-0.2, 0) is 4.74 Å². The summed E-state index contributed by atoms with van der Waals surface area (Å²) in [7, 11) is 0. The van der Waals surface area contributed by atoms with Crippen LogP contribution in [0.3, 0.4) is 0 Å². The fourth-order valence-corrected chi connectivity index (χ4v) is 2.18. The highest BCUT2D eigenvalue weighted by Gasteiger charge is 2.26. The summed E-state index contributed by atoms with van der Waals surface area (Å²) in [5.74, 6) is 0. The predicted octanol–water partition coefficient (Wildman–Crippen LogP) is 3.62. The molecule has 1 saturated heterocycles. The van der Waals surface area contributed by atoms with Crippen molar-refractivity contribution < 1.29 is 9.53 Å². The van der Waals surface area contributed by atoms with Crippen molar-refractivity contribution in [2.75, 3.05) is 13.2 Å². The van der Waals surface area contributed by atoms with Gasteiger partial charge in [0.05, 0.1) is 6.54 Å². The molecule has 1 aromatic carbocycles. The van der Waals surface area contributed by atoms with Crippen LogP contribution in [0.5, 0.6) is 0 Å². The Hall–Kier alpha value is -1.74. The number of allylic oxidation sites excluding steroid dienone is 2. The van der Waals surface area contributed by atoms with Gasteiger partial charge in [0.25, 0.3) is 0 Å². The molecule has 18 heavy (non-hydrogen) atoms. The lowest BCUT2D eigenvalue weighted by atomic mass is 10.0. The van der Waals surface area contributed by atoms with Crippen molar-refractivity contribution in [2.45, 2.75) is 6.42 Å². The van der Waals surface area contributed by atoms with Gasteiger partial charge >= 0.3 is 6.09 Å². The first-order valence-electron chi connectivity index (χ1n) is 5.73. The zero-order valence-electron chi connectivity index (χ0n) is 9.93. The zero-order chi connectivity index (χ0) is 13.0. The Balaban J connectivity index is 2.39. The number of cyclic esters (lactones) is 1. The van der Waals surface area contributed by atoms with Gasteiger partial charge in [-0.2, -0.15) is 0 Å². The van der Waals surface area contributed by atoms with Crippen molar-refractivity contribution in [1.82, 2.24) is 4.90 Å². The number of benzene rings is 1. The number of carbonyl (C=O) groups is 1. The molecule has 1 aliphatic rings. The standard InChI is InChI=1S/C14H14ClNO2/c1-2-6-12(11-7-4-3-5-8-11)13(15)16-9-10-18-14(16)17/h2-5,7-8H,1,6,9-10H2/b13-12-.